The van der Waals surface area contributed by atoms with Crippen LogP contribution in [0, 0.1) is 0 Å². The molecule has 1 unspecified atom stereocenters. The van der Waals surface area contributed by atoms with E-state index < -0.39 is 18.0 Å². The van der Waals surface area contributed by atoms with E-state index in [0.717, 1.165) is 0 Å². The number of hydrogen-bond donors (Lipinski definition) is 0. The smallest absolute Gasteiger partial charge is 0.303 e. The molecule has 2 atom stereocenters. The fourth-order valence-electron chi connectivity index (χ4n) is 1.57. The van der Waals surface area contributed by atoms with Crippen LogP contribution in [0.4, 0.5) is 0 Å². The van der Waals surface area contributed by atoms with Crippen molar-refractivity contribution >= 4 is 17.9 Å². The summed E-state index contributed by atoms with van der Waals surface area (Å²) in [5, 5.41) is 0. The summed E-state index contributed by atoms with van der Waals surface area (Å²) in [4.78, 5) is 32.6. The summed E-state index contributed by atoms with van der Waals surface area (Å²) in [6, 6.07) is 0. The second-order valence-electron chi connectivity index (χ2n) is 4.25. The summed E-state index contributed by atoms with van der Waals surface area (Å²) < 4.78 is 15.0. The van der Waals surface area contributed by atoms with Crippen LogP contribution in [0.1, 0.15) is 47.0 Å². The van der Waals surface area contributed by atoms with Crippen molar-refractivity contribution < 1.29 is 28.6 Å². The van der Waals surface area contributed by atoms with Crippen LogP contribution in [0.2, 0.25) is 0 Å². The molecule has 0 N–H and O–H groups in total. The highest BCUT2D eigenvalue weighted by Gasteiger charge is 2.18. The lowest BCUT2D eigenvalue weighted by Crippen LogP contribution is -2.26. The first-order valence-corrected chi connectivity index (χ1v) is 6.32. The Labute approximate surface area is 113 Å². The summed E-state index contributed by atoms with van der Waals surface area (Å²) in [5.41, 5.74) is 0. The molecule has 0 aliphatic heterocycles. The Morgan fingerprint density at radius 2 is 1.32 bits per heavy atom. The molecule has 19 heavy (non-hydrogen) atoms. The topological polar surface area (TPSA) is 78.9 Å². The van der Waals surface area contributed by atoms with E-state index in [9.17, 15) is 14.4 Å². The van der Waals surface area contributed by atoms with Gasteiger partial charge >= 0.3 is 17.9 Å². The second kappa shape index (κ2) is 9.35. The Morgan fingerprint density at radius 1 is 0.842 bits per heavy atom. The Hall–Kier alpha value is -1.59. The minimum absolute atomic E-state index is 0.0193. The zero-order valence-corrected chi connectivity index (χ0v) is 11.9. The Balaban J connectivity index is 4.24. The van der Waals surface area contributed by atoms with Crippen LogP contribution in [0.25, 0.3) is 0 Å². The van der Waals surface area contributed by atoms with Gasteiger partial charge in [0.15, 0.2) is 0 Å². The van der Waals surface area contributed by atoms with Gasteiger partial charge in [0, 0.05) is 20.8 Å². The van der Waals surface area contributed by atoms with Crippen molar-refractivity contribution in [3.8, 4) is 0 Å². The molecule has 0 saturated heterocycles. The van der Waals surface area contributed by atoms with E-state index in [1.807, 2.05) is 6.92 Å². The first-order valence-electron chi connectivity index (χ1n) is 6.32. The SMILES string of the molecule is CC[C@@H](CCC(COC(C)=O)OC(C)=O)OC(C)=O. The fraction of sp³-hybridized carbons (Fsp3) is 0.769. The molecule has 0 spiro atoms. The van der Waals surface area contributed by atoms with E-state index in [1.54, 1.807) is 0 Å². The minimum Gasteiger partial charge on any atom is -0.463 e. The maximum absolute atomic E-state index is 10.9. The first-order chi connectivity index (χ1) is 8.85. The first kappa shape index (κ1) is 17.4. The quantitative estimate of drug-likeness (QED) is 0.494. The van der Waals surface area contributed by atoms with Gasteiger partial charge in [0.1, 0.15) is 18.8 Å². The van der Waals surface area contributed by atoms with Crippen LogP contribution >= 0.6 is 0 Å². The molecule has 0 saturated carbocycles. The van der Waals surface area contributed by atoms with Gasteiger partial charge in [-0.3, -0.25) is 14.4 Å². The summed E-state index contributed by atoms with van der Waals surface area (Å²) in [5.74, 6) is -1.20. The highest BCUT2D eigenvalue weighted by molar-refractivity contribution is 5.67. The zero-order chi connectivity index (χ0) is 14.8. The summed E-state index contributed by atoms with van der Waals surface area (Å²) >= 11 is 0. The van der Waals surface area contributed by atoms with Crippen molar-refractivity contribution in [1.29, 1.82) is 0 Å². The number of ether oxygens (including phenoxy) is 3. The molecule has 0 fully saturated rings. The van der Waals surface area contributed by atoms with Crippen molar-refractivity contribution in [1.82, 2.24) is 0 Å². The number of hydrogen-bond acceptors (Lipinski definition) is 6. The van der Waals surface area contributed by atoms with Crippen molar-refractivity contribution in [3.05, 3.63) is 0 Å². The van der Waals surface area contributed by atoms with Crippen molar-refractivity contribution in [3.63, 3.8) is 0 Å². The number of carbonyl (C=O) groups is 3. The lowest BCUT2D eigenvalue weighted by Gasteiger charge is -2.20. The predicted octanol–water partition coefficient (Wildman–Crippen LogP) is 1.60. The van der Waals surface area contributed by atoms with Crippen LogP contribution < -0.4 is 0 Å². The van der Waals surface area contributed by atoms with E-state index >= 15 is 0 Å². The van der Waals surface area contributed by atoms with Crippen LogP contribution in [0.5, 0.6) is 0 Å². The average molecular weight is 274 g/mol. The van der Waals surface area contributed by atoms with Gasteiger partial charge in [-0.1, -0.05) is 6.92 Å². The van der Waals surface area contributed by atoms with Crippen LogP contribution in [-0.4, -0.2) is 36.7 Å². The molecule has 110 valence electrons. The lowest BCUT2D eigenvalue weighted by molar-refractivity contribution is -0.157. The third kappa shape index (κ3) is 10.1. The van der Waals surface area contributed by atoms with Crippen molar-refractivity contribution in [2.45, 2.75) is 59.2 Å². The monoisotopic (exact) mass is 274 g/mol. The molecular formula is C13H22O6. The second-order valence-corrected chi connectivity index (χ2v) is 4.25. The van der Waals surface area contributed by atoms with Crippen LogP contribution in [0.3, 0.4) is 0 Å². The molecule has 0 radical (unpaired) electrons. The molecule has 0 aliphatic carbocycles. The van der Waals surface area contributed by atoms with Gasteiger partial charge < -0.3 is 14.2 Å². The van der Waals surface area contributed by atoms with Gasteiger partial charge in [-0.25, -0.2) is 0 Å². The molecule has 0 aromatic rings. The Kier molecular flexibility index (Phi) is 8.57. The normalized spacial score (nSPS) is 13.3. The molecule has 0 heterocycles. The van der Waals surface area contributed by atoms with Gasteiger partial charge in [0.2, 0.25) is 0 Å². The molecule has 6 heteroatoms. The third-order valence-electron chi connectivity index (χ3n) is 2.40. The van der Waals surface area contributed by atoms with E-state index in [4.69, 9.17) is 14.2 Å². The standard InChI is InChI=1S/C13H22O6/c1-5-12(18-10(3)15)6-7-13(19-11(4)16)8-17-9(2)14/h12-13H,5-8H2,1-4H3/t12-,13?/m0/s1. The molecule has 0 rings (SSSR count). The largest absolute Gasteiger partial charge is 0.463 e. The number of rotatable bonds is 8. The Morgan fingerprint density at radius 3 is 1.74 bits per heavy atom. The molecule has 0 aromatic carbocycles. The van der Waals surface area contributed by atoms with Gasteiger partial charge in [-0.2, -0.15) is 0 Å². The van der Waals surface area contributed by atoms with Crippen molar-refractivity contribution in [2.75, 3.05) is 6.61 Å². The molecule has 0 aromatic heterocycles. The molecule has 6 nitrogen and oxygen atoms in total. The predicted molar refractivity (Wildman–Crippen MR) is 67.3 cm³/mol. The van der Waals surface area contributed by atoms with E-state index in [0.29, 0.717) is 19.3 Å². The van der Waals surface area contributed by atoms with Gasteiger partial charge in [0.05, 0.1) is 0 Å². The van der Waals surface area contributed by atoms with E-state index in [1.165, 1.54) is 20.8 Å². The van der Waals surface area contributed by atoms with Gasteiger partial charge in [-0.05, 0) is 19.3 Å². The van der Waals surface area contributed by atoms with Crippen molar-refractivity contribution in [2.24, 2.45) is 0 Å². The zero-order valence-electron chi connectivity index (χ0n) is 11.9. The van der Waals surface area contributed by atoms with Gasteiger partial charge in [0.25, 0.3) is 0 Å². The fourth-order valence-corrected chi connectivity index (χ4v) is 1.57. The number of esters is 3. The van der Waals surface area contributed by atoms with Gasteiger partial charge in [-0.15, -0.1) is 0 Å². The van der Waals surface area contributed by atoms with Crippen LogP contribution in [0.15, 0.2) is 0 Å². The molecule has 0 amide bonds. The number of carbonyl (C=O) groups excluding carboxylic acids is 3. The average Bonchev–Trinajstić information content (AvgIpc) is 2.29. The minimum atomic E-state index is -0.508. The van der Waals surface area contributed by atoms with Crippen LogP contribution in [-0.2, 0) is 28.6 Å². The third-order valence-corrected chi connectivity index (χ3v) is 2.40. The highest BCUT2D eigenvalue weighted by atomic mass is 16.6. The molecule has 0 bridgehead atoms. The summed E-state index contributed by atoms with van der Waals surface area (Å²) in [7, 11) is 0. The molecular weight excluding hydrogens is 252 g/mol. The maximum Gasteiger partial charge on any atom is 0.303 e. The lowest BCUT2D eigenvalue weighted by atomic mass is 10.1. The maximum atomic E-state index is 10.9. The summed E-state index contributed by atoms with van der Waals surface area (Å²) in [6.45, 7) is 5.86. The highest BCUT2D eigenvalue weighted by Crippen LogP contribution is 2.12. The Bertz CT molecular complexity index is 312. The molecule has 0 aliphatic rings. The van der Waals surface area contributed by atoms with E-state index in [-0.39, 0.29) is 18.7 Å². The summed E-state index contributed by atoms with van der Waals surface area (Å²) in [6.07, 6.45) is 0.979. The van der Waals surface area contributed by atoms with E-state index in [2.05, 4.69) is 0 Å².